The maximum absolute atomic E-state index is 10.2. The summed E-state index contributed by atoms with van der Waals surface area (Å²) in [5.74, 6) is 9.03. The van der Waals surface area contributed by atoms with Crippen LogP contribution in [-0.2, 0) is 9.68 Å². The second kappa shape index (κ2) is 3.48. The van der Waals surface area contributed by atoms with E-state index in [9.17, 15) is 9.59 Å². The van der Waals surface area contributed by atoms with E-state index >= 15 is 0 Å². The lowest BCUT2D eigenvalue weighted by molar-refractivity contribution is -0.0823. The van der Waals surface area contributed by atoms with Crippen LogP contribution in [-0.4, -0.2) is 17.4 Å². The van der Waals surface area contributed by atoms with Gasteiger partial charge in [-0.15, -0.1) is 0 Å². The number of hydrogen-bond donors (Lipinski definition) is 3. The Morgan fingerprint density at radius 1 is 1.40 bits per heavy atom. The van der Waals surface area contributed by atoms with Crippen molar-refractivity contribution in [1.82, 2.24) is 5.17 Å². The maximum atomic E-state index is 10.2. The highest BCUT2D eigenvalue weighted by Gasteiger charge is 2.12. The van der Waals surface area contributed by atoms with Crippen LogP contribution in [0.25, 0.3) is 0 Å². The molecule has 0 unspecified atom stereocenters. The van der Waals surface area contributed by atoms with Crippen molar-refractivity contribution >= 4 is 12.2 Å². The van der Waals surface area contributed by atoms with Gasteiger partial charge in [0.25, 0.3) is 0 Å². The molecule has 58 valence electrons. The van der Waals surface area contributed by atoms with Gasteiger partial charge in [-0.05, 0) is 0 Å². The molecular formula is C2H6N4O4. The van der Waals surface area contributed by atoms with E-state index in [2.05, 4.69) is 27.1 Å². The van der Waals surface area contributed by atoms with Crippen molar-refractivity contribution in [3.63, 3.8) is 0 Å². The molecule has 0 aliphatic rings. The molecule has 0 bridgehead atoms. The number of carbonyl (C=O) groups excluding carboxylic acids is 2. The minimum absolute atomic E-state index is 0.0394. The van der Waals surface area contributed by atoms with E-state index in [4.69, 9.17) is 0 Å². The van der Waals surface area contributed by atoms with Crippen LogP contribution >= 0.6 is 0 Å². The van der Waals surface area contributed by atoms with E-state index in [1.807, 2.05) is 0 Å². The Hall–Kier alpha value is -1.54. The van der Waals surface area contributed by atoms with Gasteiger partial charge in [-0.2, -0.15) is 5.90 Å². The largest absolute Gasteiger partial charge is 0.477 e. The van der Waals surface area contributed by atoms with Crippen LogP contribution in [0.15, 0.2) is 0 Å². The predicted octanol–water partition coefficient (Wildman–Crippen LogP) is -1.82. The number of rotatable bonds is 0. The molecule has 0 fully saturated rings. The van der Waals surface area contributed by atoms with Crippen molar-refractivity contribution in [1.29, 1.82) is 0 Å². The van der Waals surface area contributed by atoms with E-state index in [-0.39, 0.29) is 5.17 Å². The van der Waals surface area contributed by atoms with Crippen LogP contribution in [0.5, 0.6) is 0 Å². The van der Waals surface area contributed by atoms with Crippen LogP contribution in [0, 0.1) is 0 Å². The van der Waals surface area contributed by atoms with Crippen molar-refractivity contribution in [3.05, 3.63) is 0 Å². The molecule has 0 saturated carbocycles. The van der Waals surface area contributed by atoms with Gasteiger partial charge in [0.15, 0.2) is 0 Å². The zero-order valence-corrected chi connectivity index (χ0v) is 4.81. The van der Waals surface area contributed by atoms with Crippen LogP contribution in [0.3, 0.4) is 0 Å². The molecule has 0 heterocycles. The summed E-state index contributed by atoms with van der Waals surface area (Å²) in [6, 6.07) is 0. The minimum Gasteiger partial charge on any atom is -0.353 e. The maximum Gasteiger partial charge on any atom is 0.477 e. The third kappa shape index (κ3) is 2.69. The number of carbonyl (C=O) groups is 2. The summed E-state index contributed by atoms with van der Waals surface area (Å²) in [5.41, 5.74) is 4.45. The summed E-state index contributed by atoms with van der Waals surface area (Å²) in [6.07, 6.45) is -2.48. The summed E-state index contributed by atoms with van der Waals surface area (Å²) in [5, 5.41) is -0.0394. The zero-order chi connectivity index (χ0) is 8.15. The lowest BCUT2D eigenvalue weighted by atomic mass is 11.2. The number of nitrogens with zero attached hydrogens (tertiary/aromatic N) is 1. The van der Waals surface area contributed by atoms with Crippen molar-refractivity contribution in [3.8, 4) is 0 Å². The standard InChI is InChI=1S/C2H6N4O4/c3-1(7)10-6(4)2(8)9-5/h4-5H2,(H2,3,7). The Morgan fingerprint density at radius 2 is 1.90 bits per heavy atom. The molecule has 0 aromatic carbocycles. The van der Waals surface area contributed by atoms with E-state index in [1.54, 1.807) is 0 Å². The van der Waals surface area contributed by atoms with Gasteiger partial charge in [-0.3, -0.25) is 4.84 Å². The molecule has 0 aromatic rings. The van der Waals surface area contributed by atoms with Gasteiger partial charge in [0.2, 0.25) is 0 Å². The van der Waals surface area contributed by atoms with E-state index in [0.717, 1.165) is 0 Å². The Bertz CT molecular complexity index is 146. The van der Waals surface area contributed by atoms with E-state index < -0.39 is 12.2 Å². The Balaban J connectivity index is 3.72. The molecule has 0 spiro atoms. The average Bonchev–Trinajstić information content (AvgIpc) is 1.85. The van der Waals surface area contributed by atoms with E-state index in [1.165, 1.54) is 0 Å². The monoisotopic (exact) mass is 150 g/mol. The van der Waals surface area contributed by atoms with Gasteiger partial charge in [0.1, 0.15) is 0 Å². The van der Waals surface area contributed by atoms with Gasteiger partial charge in [0, 0.05) is 0 Å². The van der Waals surface area contributed by atoms with Gasteiger partial charge >= 0.3 is 12.2 Å². The molecule has 6 N–H and O–H groups in total. The van der Waals surface area contributed by atoms with Crippen molar-refractivity contribution in [2.75, 3.05) is 0 Å². The van der Waals surface area contributed by atoms with Crippen molar-refractivity contribution in [2.45, 2.75) is 0 Å². The first-order valence-electron chi connectivity index (χ1n) is 2.01. The van der Waals surface area contributed by atoms with Crippen molar-refractivity contribution in [2.24, 2.45) is 17.5 Å². The number of primary amides is 1. The molecule has 10 heavy (non-hydrogen) atoms. The van der Waals surface area contributed by atoms with Crippen LogP contribution in [0.1, 0.15) is 0 Å². The minimum atomic E-state index is -1.24. The Kier molecular flexibility index (Phi) is 2.94. The molecule has 0 aliphatic carbocycles. The number of amides is 2. The molecular weight excluding hydrogens is 144 g/mol. The average molecular weight is 150 g/mol. The van der Waals surface area contributed by atoms with Crippen LogP contribution < -0.4 is 17.5 Å². The van der Waals surface area contributed by atoms with Crippen LogP contribution in [0.2, 0.25) is 0 Å². The Labute approximate surface area is 55.3 Å². The lowest BCUT2D eigenvalue weighted by Crippen LogP contribution is -2.42. The molecule has 0 rings (SSSR count). The highest BCUT2D eigenvalue weighted by molar-refractivity contribution is 5.70. The normalized spacial score (nSPS) is 8.20. The quantitative estimate of drug-likeness (QED) is 0.211. The molecule has 0 aliphatic heterocycles. The third-order valence-electron chi connectivity index (χ3n) is 0.469. The summed E-state index contributed by atoms with van der Waals surface area (Å²) in [4.78, 5) is 27.4. The van der Waals surface area contributed by atoms with Crippen LogP contribution in [0.4, 0.5) is 9.59 Å². The molecule has 0 saturated heterocycles. The highest BCUT2D eigenvalue weighted by atomic mass is 16.8. The SMILES string of the molecule is NOC(=O)N(N)OC(N)=O. The molecule has 0 aromatic heterocycles. The summed E-state index contributed by atoms with van der Waals surface area (Å²) >= 11 is 0. The van der Waals surface area contributed by atoms with Gasteiger partial charge < -0.3 is 10.6 Å². The van der Waals surface area contributed by atoms with Crippen molar-refractivity contribution < 1.29 is 19.3 Å². The number of nitrogens with two attached hydrogens (primary N) is 3. The highest BCUT2D eigenvalue weighted by Crippen LogP contribution is 1.83. The van der Waals surface area contributed by atoms with Gasteiger partial charge in [-0.25, -0.2) is 15.4 Å². The number of hydrazine groups is 1. The molecule has 8 nitrogen and oxygen atoms in total. The first kappa shape index (κ1) is 8.46. The molecule has 0 radical (unpaired) electrons. The molecule has 2 amide bonds. The molecule has 0 atom stereocenters. The molecule has 8 heteroatoms. The zero-order valence-electron chi connectivity index (χ0n) is 4.81. The first-order valence-corrected chi connectivity index (χ1v) is 2.01. The fourth-order valence-electron chi connectivity index (χ4n) is 0.186. The lowest BCUT2D eigenvalue weighted by Gasteiger charge is -2.09. The smallest absolute Gasteiger partial charge is 0.353 e. The third-order valence-corrected chi connectivity index (χ3v) is 0.469. The Morgan fingerprint density at radius 3 is 2.20 bits per heavy atom. The number of hydroxylamine groups is 1. The van der Waals surface area contributed by atoms with E-state index in [0.29, 0.717) is 0 Å². The summed E-state index contributed by atoms with van der Waals surface area (Å²) in [6.45, 7) is 0. The summed E-state index contributed by atoms with van der Waals surface area (Å²) < 4.78 is 0. The summed E-state index contributed by atoms with van der Waals surface area (Å²) in [7, 11) is 0. The number of hydrogen-bond acceptors (Lipinski definition) is 6. The topological polar surface area (TPSA) is 134 Å². The fraction of sp³-hybridized carbons (Fsp3) is 0. The predicted molar refractivity (Wildman–Crippen MR) is 27.4 cm³/mol. The fourth-order valence-corrected chi connectivity index (χ4v) is 0.186. The first-order chi connectivity index (χ1) is 4.57. The van der Waals surface area contributed by atoms with Gasteiger partial charge in [0.05, 0.1) is 0 Å². The second-order valence-corrected chi connectivity index (χ2v) is 1.12. The second-order valence-electron chi connectivity index (χ2n) is 1.12. The van der Waals surface area contributed by atoms with Gasteiger partial charge in [-0.1, -0.05) is 5.17 Å².